The normalized spacial score (nSPS) is 23.5. The number of nitrogens with zero attached hydrogens (tertiary/aromatic N) is 1. The van der Waals surface area contributed by atoms with Crippen LogP contribution in [0.2, 0.25) is 0 Å². The van der Waals surface area contributed by atoms with Crippen molar-refractivity contribution in [3.8, 4) is 0 Å². The van der Waals surface area contributed by atoms with Crippen molar-refractivity contribution >= 4 is 17.9 Å². The summed E-state index contributed by atoms with van der Waals surface area (Å²) in [5.41, 5.74) is 0.695. The Morgan fingerprint density at radius 3 is 2.71 bits per heavy atom. The molecule has 3 rings (SSSR count). The molecule has 1 saturated heterocycles. The fourth-order valence-corrected chi connectivity index (χ4v) is 3.78. The van der Waals surface area contributed by atoms with Crippen molar-refractivity contribution in [1.82, 2.24) is 10.2 Å². The fraction of sp³-hybridized carbons (Fsp3) is 0.545. The van der Waals surface area contributed by atoms with Gasteiger partial charge in [0.15, 0.2) is 5.76 Å². The van der Waals surface area contributed by atoms with Crippen LogP contribution in [0.4, 0.5) is 4.39 Å². The number of morpholine rings is 1. The van der Waals surface area contributed by atoms with E-state index in [-0.39, 0.29) is 42.1 Å². The standard InChI is InChI=1S/C22H29FN2O3/c1-15(2)11-12-24-21(26)14-25-18-5-3-4-6-19(18)28-20(22(25)27)13-16-7-9-17(23)10-8-16/h7-10,13,15,18-19H,3-6,11-12,14H2,1-2H3,(H,24,26)/b20-13+. The van der Waals surface area contributed by atoms with Gasteiger partial charge >= 0.3 is 0 Å². The lowest BCUT2D eigenvalue weighted by atomic mass is 9.89. The molecule has 2 atom stereocenters. The number of hydrogen-bond acceptors (Lipinski definition) is 3. The summed E-state index contributed by atoms with van der Waals surface area (Å²) in [6.45, 7) is 4.87. The molecule has 1 heterocycles. The van der Waals surface area contributed by atoms with Gasteiger partial charge in [0.25, 0.3) is 5.91 Å². The van der Waals surface area contributed by atoms with Gasteiger partial charge in [0.2, 0.25) is 5.91 Å². The van der Waals surface area contributed by atoms with Gasteiger partial charge in [0.05, 0.1) is 6.04 Å². The molecule has 2 aliphatic rings. The molecule has 6 heteroatoms. The number of benzene rings is 1. The molecule has 2 unspecified atom stereocenters. The third-order valence-electron chi connectivity index (χ3n) is 5.34. The van der Waals surface area contributed by atoms with Gasteiger partial charge in [-0.1, -0.05) is 32.4 Å². The van der Waals surface area contributed by atoms with Crippen LogP contribution in [-0.2, 0) is 14.3 Å². The van der Waals surface area contributed by atoms with Gasteiger partial charge in [-0.3, -0.25) is 9.59 Å². The number of rotatable bonds is 6. The van der Waals surface area contributed by atoms with E-state index in [4.69, 9.17) is 4.74 Å². The molecule has 28 heavy (non-hydrogen) atoms. The lowest BCUT2D eigenvalue weighted by Gasteiger charge is -2.44. The van der Waals surface area contributed by atoms with E-state index < -0.39 is 0 Å². The third kappa shape index (κ3) is 5.12. The van der Waals surface area contributed by atoms with Crippen molar-refractivity contribution in [2.24, 2.45) is 5.92 Å². The van der Waals surface area contributed by atoms with Gasteiger partial charge in [-0.25, -0.2) is 4.39 Å². The molecule has 0 radical (unpaired) electrons. The first-order chi connectivity index (χ1) is 13.4. The average Bonchev–Trinajstić information content (AvgIpc) is 2.66. The van der Waals surface area contributed by atoms with E-state index in [1.54, 1.807) is 23.1 Å². The number of amides is 2. The molecule has 1 aliphatic heterocycles. The van der Waals surface area contributed by atoms with Crippen LogP contribution in [0.5, 0.6) is 0 Å². The zero-order chi connectivity index (χ0) is 20.1. The highest BCUT2D eigenvalue weighted by Crippen LogP contribution is 2.33. The molecule has 5 nitrogen and oxygen atoms in total. The summed E-state index contributed by atoms with van der Waals surface area (Å²) in [5.74, 6) is 0.000876. The zero-order valence-corrected chi connectivity index (χ0v) is 16.6. The van der Waals surface area contributed by atoms with Crippen LogP contribution in [0.25, 0.3) is 6.08 Å². The van der Waals surface area contributed by atoms with E-state index in [0.717, 1.165) is 32.1 Å². The Balaban J connectivity index is 1.75. The number of fused-ring (bicyclic) bond motifs is 1. The van der Waals surface area contributed by atoms with E-state index in [2.05, 4.69) is 19.2 Å². The first-order valence-electron chi connectivity index (χ1n) is 10.2. The summed E-state index contributed by atoms with van der Waals surface area (Å²) in [6, 6.07) is 5.85. The third-order valence-corrected chi connectivity index (χ3v) is 5.34. The average molecular weight is 388 g/mol. The maximum absolute atomic E-state index is 13.1. The van der Waals surface area contributed by atoms with Crippen molar-refractivity contribution < 1.29 is 18.7 Å². The van der Waals surface area contributed by atoms with Crippen LogP contribution in [-0.4, -0.2) is 41.9 Å². The van der Waals surface area contributed by atoms with E-state index in [9.17, 15) is 14.0 Å². The molecule has 2 fully saturated rings. The van der Waals surface area contributed by atoms with Crippen LogP contribution in [0, 0.1) is 11.7 Å². The smallest absolute Gasteiger partial charge is 0.289 e. The Bertz CT molecular complexity index is 730. The predicted molar refractivity (Wildman–Crippen MR) is 106 cm³/mol. The number of hydrogen-bond donors (Lipinski definition) is 1. The Hall–Kier alpha value is -2.37. The van der Waals surface area contributed by atoms with Gasteiger partial charge in [0.1, 0.15) is 18.5 Å². The van der Waals surface area contributed by atoms with Crippen LogP contribution in [0.3, 0.4) is 0 Å². The molecule has 1 aliphatic carbocycles. The second kappa shape index (κ2) is 9.22. The summed E-state index contributed by atoms with van der Waals surface area (Å²) >= 11 is 0. The minimum Gasteiger partial charge on any atom is -0.482 e. The quantitative estimate of drug-likeness (QED) is 0.759. The molecule has 0 aromatic heterocycles. The van der Waals surface area contributed by atoms with E-state index >= 15 is 0 Å². The Labute approximate surface area is 165 Å². The van der Waals surface area contributed by atoms with Crippen molar-refractivity contribution in [3.63, 3.8) is 0 Å². The zero-order valence-electron chi connectivity index (χ0n) is 16.6. The summed E-state index contributed by atoms with van der Waals surface area (Å²) in [5, 5.41) is 2.91. The minimum atomic E-state index is -0.329. The van der Waals surface area contributed by atoms with E-state index in [1.165, 1.54) is 12.1 Å². The van der Waals surface area contributed by atoms with Crippen LogP contribution >= 0.6 is 0 Å². The van der Waals surface area contributed by atoms with Gasteiger partial charge in [-0.05, 0) is 55.4 Å². The highest BCUT2D eigenvalue weighted by molar-refractivity contribution is 5.98. The van der Waals surface area contributed by atoms with Crippen molar-refractivity contribution in [3.05, 3.63) is 41.4 Å². The fourth-order valence-electron chi connectivity index (χ4n) is 3.78. The van der Waals surface area contributed by atoms with Crippen molar-refractivity contribution in [2.45, 2.75) is 58.1 Å². The molecule has 1 aromatic rings. The predicted octanol–water partition coefficient (Wildman–Crippen LogP) is 3.50. The molecule has 1 N–H and O–H groups in total. The first kappa shape index (κ1) is 20.4. The molecule has 1 aromatic carbocycles. The Morgan fingerprint density at radius 1 is 1.29 bits per heavy atom. The van der Waals surface area contributed by atoms with Gasteiger partial charge in [-0.15, -0.1) is 0 Å². The number of nitrogens with one attached hydrogen (secondary N) is 1. The second-order valence-corrected chi connectivity index (χ2v) is 8.03. The number of ether oxygens (including phenoxy) is 1. The lowest BCUT2D eigenvalue weighted by Crippen LogP contribution is -2.57. The van der Waals surface area contributed by atoms with E-state index in [1.807, 2.05) is 0 Å². The van der Waals surface area contributed by atoms with Crippen molar-refractivity contribution in [1.29, 1.82) is 0 Å². The highest BCUT2D eigenvalue weighted by atomic mass is 19.1. The SMILES string of the molecule is CC(C)CCNC(=O)CN1C(=O)/C(=C\c2ccc(F)cc2)OC2CCCCC21. The molecular formula is C22H29FN2O3. The first-order valence-corrected chi connectivity index (χ1v) is 10.2. The molecule has 1 saturated carbocycles. The Morgan fingerprint density at radius 2 is 2.00 bits per heavy atom. The summed E-state index contributed by atoms with van der Waals surface area (Å²) in [7, 11) is 0. The number of carbonyl (C=O) groups excluding carboxylic acids is 2. The maximum Gasteiger partial charge on any atom is 0.289 e. The Kier molecular flexibility index (Phi) is 6.70. The van der Waals surface area contributed by atoms with Crippen LogP contribution < -0.4 is 5.32 Å². The topological polar surface area (TPSA) is 58.6 Å². The molecule has 0 bridgehead atoms. The largest absolute Gasteiger partial charge is 0.482 e. The second-order valence-electron chi connectivity index (χ2n) is 8.03. The van der Waals surface area contributed by atoms with Crippen LogP contribution in [0.1, 0.15) is 51.5 Å². The maximum atomic E-state index is 13.1. The number of halogens is 1. The van der Waals surface area contributed by atoms with Crippen molar-refractivity contribution in [2.75, 3.05) is 13.1 Å². The molecule has 2 amide bonds. The molecule has 0 spiro atoms. The highest BCUT2D eigenvalue weighted by Gasteiger charge is 2.42. The monoisotopic (exact) mass is 388 g/mol. The van der Waals surface area contributed by atoms with Gasteiger partial charge in [0, 0.05) is 6.54 Å². The number of carbonyl (C=O) groups is 2. The van der Waals surface area contributed by atoms with Gasteiger partial charge < -0.3 is 15.0 Å². The summed E-state index contributed by atoms with van der Waals surface area (Å²) in [6.07, 6.45) is 6.24. The van der Waals surface area contributed by atoms with Crippen LogP contribution in [0.15, 0.2) is 30.0 Å². The summed E-state index contributed by atoms with van der Waals surface area (Å²) in [4.78, 5) is 27.1. The van der Waals surface area contributed by atoms with Gasteiger partial charge in [-0.2, -0.15) is 0 Å². The molecular weight excluding hydrogens is 359 g/mol. The molecule has 152 valence electrons. The van der Waals surface area contributed by atoms with E-state index in [0.29, 0.717) is 18.0 Å². The minimum absolute atomic E-state index is 0.0439. The summed E-state index contributed by atoms with van der Waals surface area (Å²) < 4.78 is 19.2. The lowest BCUT2D eigenvalue weighted by molar-refractivity contribution is -0.151.